The lowest BCUT2D eigenvalue weighted by atomic mass is 10.2. The fraction of sp³-hybridized carbons (Fsp3) is 0. The van der Waals surface area contributed by atoms with Crippen LogP contribution in [0.4, 0.5) is 5.69 Å². The van der Waals surface area contributed by atoms with Gasteiger partial charge in [0.2, 0.25) is 0 Å². The van der Waals surface area contributed by atoms with E-state index in [0.29, 0.717) is 16.7 Å². The van der Waals surface area contributed by atoms with Crippen LogP contribution in [0.15, 0.2) is 38.4 Å². The first-order valence-corrected chi connectivity index (χ1v) is 5.38. The van der Waals surface area contributed by atoms with Crippen molar-refractivity contribution in [2.45, 2.75) is 4.90 Å². The van der Waals surface area contributed by atoms with Crippen molar-refractivity contribution < 1.29 is 13.2 Å². The van der Waals surface area contributed by atoms with Crippen molar-refractivity contribution in [3.63, 3.8) is 0 Å². The minimum atomic E-state index is -2.35. The van der Waals surface area contributed by atoms with E-state index in [1.54, 1.807) is 12.1 Å². The van der Waals surface area contributed by atoms with Gasteiger partial charge in [0.05, 0.1) is 5.69 Å². The Morgan fingerprint density at radius 3 is 2.75 bits per heavy atom. The molecule has 0 aliphatic carbocycles. The Balaban J connectivity index is 2.74. The second-order valence-corrected chi connectivity index (χ2v) is 3.98. The van der Waals surface area contributed by atoms with E-state index in [-0.39, 0.29) is 4.90 Å². The van der Waals surface area contributed by atoms with Crippen molar-refractivity contribution in [1.82, 2.24) is 0 Å². The summed E-state index contributed by atoms with van der Waals surface area (Å²) in [6, 6.07) is 6.13. The number of hydrogen-bond acceptors (Lipinski definition) is 5. The molecule has 0 saturated carbocycles. The molecule has 1 aromatic heterocycles. The Kier molecular flexibility index (Phi) is 2.73. The van der Waals surface area contributed by atoms with Crippen molar-refractivity contribution in [2.75, 3.05) is 5.43 Å². The maximum Gasteiger partial charge on any atom is 0.355 e. The highest BCUT2D eigenvalue weighted by atomic mass is 32.2. The molecule has 1 aromatic carbocycles. The molecule has 0 amide bonds. The van der Waals surface area contributed by atoms with Gasteiger partial charge in [0, 0.05) is 11.5 Å². The van der Waals surface area contributed by atoms with Crippen LogP contribution in [0.25, 0.3) is 11.0 Å². The third-order valence-electron chi connectivity index (χ3n) is 2.06. The Morgan fingerprint density at radius 1 is 1.38 bits per heavy atom. The second kappa shape index (κ2) is 4.05. The summed E-state index contributed by atoms with van der Waals surface area (Å²) in [6.07, 6.45) is 0. The van der Waals surface area contributed by atoms with Gasteiger partial charge in [-0.1, -0.05) is 0 Å². The van der Waals surface area contributed by atoms with Crippen LogP contribution < -0.4 is 16.9 Å². The largest absolute Gasteiger partial charge is 0.422 e. The van der Waals surface area contributed by atoms with Gasteiger partial charge >= 0.3 is 5.63 Å². The first-order valence-electron chi connectivity index (χ1n) is 4.27. The Morgan fingerprint density at radius 2 is 2.12 bits per heavy atom. The van der Waals surface area contributed by atoms with Crippen LogP contribution in [0, 0.1) is 0 Å². The summed E-state index contributed by atoms with van der Waals surface area (Å²) in [7, 11) is 0. The summed E-state index contributed by atoms with van der Waals surface area (Å²) < 4.78 is 24.5. The van der Waals surface area contributed by atoms with Gasteiger partial charge in [-0.25, -0.2) is 9.00 Å². The standard InChI is InChI=1S/C9H8N2O4S/c10-11-6-2-1-5-3-8(16(13)14)9(12)15-7(5)4-6/h1-4,11H,10H2,(H,13,14). The topological polar surface area (TPSA) is 106 Å². The van der Waals surface area contributed by atoms with Gasteiger partial charge in [-0.2, -0.15) is 0 Å². The molecule has 1 heterocycles. The van der Waals surface area contributed by atoms with Crippen LogP contribution in [0.3, 0.4) is 0 Å². The number of nitrogens with one attached hydrogen (secondary N) is 1. The zero-order valence-corrected chi connectivity index (χ0v) is 8.78. The summed E-state index contributed by atoms with van der Waals surface area (Å²) in [4.78, 5) is 11.0. The van der Waals surface area contributed by atoms with Gasteiger partial charge in [-0.3, -0.25) is 5.84 Å². The van der Waals surface area contributed by atoms with Gasteiger partial charge in [0.15, 0.2) is 16.0 Å². The molecule has 1 atom stereocenters. The first-order chi connectivity index (χ1) is 7.61. The Hall–Kier alpha value is -1.70. The molecule has 0 spiro atoms. The van der Waals surface area contributed by atoms with Gasteiger partial charge in [0.1, 0.15) is 5.58 Å². The molecular weight excluding hydrogens is 232 g/mol. The number of hydrogen-bond donors (Lipinski definition) is 3. The minimum Gasteiger partial charge on any atom is -0.422 e. The van der Waals surface area contributed by atoms with E-state index in [1.807, 2.05) is 0 Å². The maximum atomic E-state index is 11.3. The molecule has 2 aromatic rings. The fourth-order valence-corrected chi connectivity index (χ4v) is 1.72. The van der Waals surface area contributed by atoms with E-state index in [9.17, 15) is 9.00 Å². The molecule has 0 aliphatic rings. The lowest BCUT2D eigenvalue weighted by Crippen LogP contribution is -2.09. The van der Waals surface area contributed by atoms with Crippen LogP contribution >= 0.6 is 0 Å². The van der Waals surface area contributed by atoms with Gasteiger partial charge in [-0.15, -0.1) is 0 Å². The number of rotatable bonds is 2. The summed E-state index contributed by atoms with van der Waals surface area (Å²) in [5.74, 6) is 5.20. The van der Waals surface area contributed by atoms with Gasteiger partial charge < -0.3 is 14.4 Å². The van der Waals surface area contributed by atoms with E-state index in [4.69, 9.17) is 14.8 Å². The SMILES string of the molecule is NNc1ccc2cc(S(=O)O)c(=O)oc2c1. The molecule has 4 N–H and O–H groups in total. The normalized spacial score (nSPS) is 12.6. The molecular formula is C9H8N2O4S. The van der Waals surface area contributed by atoms with Crippen molar-refractivity contribution in [3.8, 4) is 0 Å². The highest BCUT2D eigenvalue weighted by Gasteiger charge is 2.10. The third-order valence-corrected chi connectivity index (χ3v) is 2.72. The second-order valence-electron chi connectivity index (χ2n) is 3.04. The summed E-state index contributed by atoms with van der Waals surface area (Å²) >= 11 is -2.35. The summed E-state index contributed by atoms with van der Waals surface area (Å²) in [5.41, 5.74) is 2.45. The highest BCUT2D eigenvalue weighted by molar-refractivity contribution is 7.79. The van der Waals surface area contributed by atoms with E-state index < -0.39 is 16.7 Å². The molecule has 0 bridgehead atoms. The van der Waals surface area contributed by atoms with E-state index >= 15 is 0 Å². The number of anilines is 1. The maximum absolute atomic E-state index is 11.3. The average Bonchev–Trinajstić information content (AvgIpc) is 2.27. The van der Waals surface area contributed by atoms with E-state index in [0.717, 1.165) is 0 Å². The number of benzene rings is 1. The smallest absolute Gasteiger partial charge is 0.355 e. The molecule has 16 heavy (non-hydrogen) atoms. The first kappa shape index (κ1) is 10.8. The predicted molar refractivity (Wildman–Crippen MR) is 59.3 cm³/mol. The third kappa shape index (κ3) is 1.83. The van der Waals surface area contributed by atoms with Crippen molar-refractivity contribution in [3.05, 3.63) is 34.7 Å². The predicted octanol–water partition coefficient (Wildman–Crippen LogP) is 0.659. The quantitative estimate of drug-likeness (QED) is 0.308. The van der Waals surface area contributed by atoms with E-state index in [1.165, 1.54) is 12.1 Å². The molecule has 2 rings (SSSR count). The Labute approximate surface area is 92.3 Å². The molecule has 84 valence electrons. The van der Waals surface area contributed by atoms with Crippen molar-refractivity contribution in [1.29, 1.82) is 0 Å². The number of hydrazine groups is 1. The molecule has 7 heteroatoms. The fourth-order valence-electron chi connectivity index (χ4n) is 1.30. The summed E-state index contributed by atoms with van der Waals surface area (Å²) in [5, 5.41) is 0.552. The monoisotopic (exact) mass is 240 g/mol. The zero-order valence-electron chi connectivity index (χ0n) is 7.97. The highest BCUT2D eigenvalue weighted by Crippen LogP contribution is 2.18. The number of fused-ring (bicyclic) bond motifs is 1. The van der Waals surface area contributed by atoms with Gasteiger partial charge in [0.25, 0.3) is 0 Å². The Bertz CT molecular complexity index is 622. The van der Waals surface area contributed by atoms with E-state index in [2.05, 4.69) is 5.43 Å². The number of nitrogen functional groups attached to an aromatic ring is 1. The van der Waals surface area contributed by atoms with Crippen LogP contribution in [-0.2, 0) is 11.1 Å². The van der Waals surface area contributed by atoms with Crippen LogP contribution in [0.5, 0.6) is 0 Å². The molecule has 0 saturated heterocycles. The molecule has 0 aliphatic heterocycles. The van der Waals surface area contributed by atoms with Crippen molar-refractivity contribution >= 4 is 27.7 Å². The van der Waals surface area contributed by atoms with Crippen LogP contribution in [0.2, 0.25) is 0 Å². The molecule has 6 nitrogen and oxygen atoms in total. The van der Waals surface area contributed by atoms with Gasteiger partial charge in [-0.05, 0) is 18.2 Å². The minimum absolute atomic E-state index is 0.277. The van der Waals surface area contributed by atoms with Crippen LogP contribution in [-0.4, -0.2) is 8.76 Å². The molecule has 0 fully saturated rings. The lowest BCUT2D eigenvalue weighted by Gasteiger charge is -2.02. The molecule has 1 unspecified atom stereocenters. The summed E-state index contributed by atoms with van der Waals surface area (Å²) in [6.45, 7) is 0. The van der Waals surface area contributed by atoms with Crippen LogP contribution in [0.1, 0.15) is 0 Å². The number of nitrogens with two attached hydrogens (primary N) is 1. The zero-order chi connectivity index (χ0) is 11.7. The average molecular weight is 240 g/mol. The lowest BCUT2D eigenvalue weighted by molar-refractivity contribution is 0.523. The van der Waals surface area contributed by atoms with Crippen molar-refractivity contribution in [2.24, 2.45) is 5.84 Å². The molecule has 0 radical (unpaired) electrons.